The Kier molecular flexibility index (Phi) is 9.19. The normalized spacial score (nSPS) is 12.8. The maximum absolute atomic E-state index is 12.5. The number of nitrogens with one attached hydrogen (secondary N) is 2. The predicted octanol–water partition coefficient (Wildman–Crippen LogP) is 2.40. The largest absolute Gasteiger partial charge is 0.467 e. The average Bonchev–Trinajstić information content (AvgIpc) is 2.63. The van der Waals surface area contributed by atoms with Crippen LogP contribution in [0.2, 0.25) is 0 Å². The number of esters is 1. The zero-order valence-electron chi connectivity index (χ0n) is 15.8. The Balaban J connectivity index is 2.65. The first-order chi connectivity index (χ1) is 12.4. The lowest BCUT2D eigenvalue weighted by atomic mass is 10.0. The molecule has 2 N–H and O–H groups in total. The van der Waals surface area contributed by atoms with E-state index in [0.29, 0.717) is 12.8 Å². The molecule has 0 unspecified atom stereocenters. The van der Waals surface area contributed by atoms with Crippen LogP contribution in [-0.4, -0.2) is 37.2 Å². The summed E-state index contributed by atoms with van der Waals surface area (Å²) in [6.07, 6.45) is 0.135. The number of ether oxygens (including phenoxy) is 2. The van der Waals surface area contributed by atoms with Gasteiger partial charge in [-0.05, 0) is 24.3 Å². The van der Waals surface area contributed by atoms with Crippen molar-refractivity contribution in [2.45, 2.75) is 52.3 Å². The molecule has 0 fully saturated rings. The first kappa shape index (κ1) is 21.5. The molecule has 0 aliphatic rings. The summed E-state index contributed by atoms with van der Waals surface area (Å²) < 4.78 is 9.84. The molecule has 1 aromatic rings. The minimum absolute atomic E-state index is 0.114. The lowest BCUT2D eigenvalue weighted by molar-refractivity contribution is -0.145. The molecule has 2 amide bonds. The first-order valence-electron chi connectivity index (χ1n) is 8.72. The van der Waals surface area contributed by atoms with E-state index in [2.05, 4.69) is 15.4 Å². The van der Waals surface area contributed by atoms with Crippen molar-refractivity contribution in [1.29, 1.82) is 0 Å². The topological polar surface area (TPSA) is 93.7 Å². The van der Waals surface area contributed by atoms with Crippen molar-refractivity contribution in [3.63, 3.8) is 0 Å². The molecule has 1 rings (SSSR count). The van der Waals surface area contributed by atoms with Gasteiger partial charge < -0.3 is 20.1 Å². The molecule has 0 saturated carbocycles. The van der Waals surface area contributed by atoms with E-state index in [1.165, 1.54) is 7.11 Å². The fourth-order valence-corrected chi connectivity index (χ4v) is 2.35. The van der Waals surface area contributed by atoms with E-state index >= 15 is 0 Å². The molecule has 0 bridgehead atoms. The van der Waals surface area contributed by atoms with Gasteiger partial charge in [-0.25, -0.2) is 9.59 Å². The molecule has 1 aromatic carbocycles. The van der Waals surface area contributed by atoms with Gasteiger partial charge in [0.15, 0.2) is 0 Å². The Morgan fingerprint density at radius 1 is 1.04 bits per heavy atom. The van der Waals surface area contributed by atoms with Gasteiger partial charge in [0.25, 0.3) is 0 Å². The van der Waals surface area contributed by atoms with Crippen LogP contribution >= 0.6 is 0 Å². The number of methoxy groups -OCH3 is 1. The molecule has 0 saturated heterocycles. The highest BCUT2D eigenvalue weighted by molar-refractivity contribution is 5.89. The second-order valence-corrected chi connectivity index (χ2v) is 6.38. The van der Waals surface area contributed by atoms with Crippen molar-refractivity contribution < 1.29 is 23.9 Å². The highest BCUT2D eigenvalue weighted by Gasteiger charge is 2.27. The second kappa shape index (κ2) is 11.1. The SMILES string of the molecule is CC[C@@H](NC(=O)[C@H](CC(C)C)NC(=O)OCc1ccccc1)C(=O)OC. The molecule has 0 radical (unpaired) electrons. The fraction of sp³-hybridized carbons (Fsp3) is 0.526. The number of amides is 2. The van der Waals surface area contributed by atoms with Gasteiger partial charge in [-0.3, -0.25) is 4.79 Å². The molecule has 7 heteroatoms. The zero-order chi connectivity index (χ0) is 19.5. The highest BCUT2D eigenvalue weighted by Crippen LogP contribution is 2.07. The van der Waals surface area contributed by atoms with Gasteiger partial charge in [0, 0.05) is 0 Å². The van der Waals surface area contributed by atoms with Gasteiger partial charge >= 0.3 is 12.1 Å². The van der Waals surface area contributed by atoms with E-state index in [1.807, 2.05) is 44.2 Å². The molecule has 0 heterocycles. The quantitative estimate of drug-likeness (QED) is 0.656. The third-order valence-corrected chi connectivity index (χ3v) is 3.74. The molecular formula is C19H28N2O5. The Hall–Kier alpha value is -2.57. The monoisotopic (exact) mass is 364 g/mol. The van der Waals surface area contributed by atoms with Crippen LogP contribution in [0.4, 0.5) is 4.79 Å². The Morgan fingerprint density at radius 3 is 2.23 bits per heavy atom. The van der Waals surface area contributed by atoms with Crippen LogP contribution in [0.5, 0.6) is 0 Å². The van der Waals surface area contributed by atoms with Gasteiger partial charge in [-0.15, -0.1) is 0 Å². The third kappa shape index (κ3) is 7.55. The lowest BCUT2D eigenvalue weighted by Gasteiger charge is -2.22. The number of rotatable bonds is 9. The lowest BCUT2D eigenvalue weighted by Crippen LogP contribution is -2.52. The van der Waals surface area contributed by atoms with Crippen molar-refractivity contribution in [1.82, 2.24) is 10.6 Å². The van der Waals surface area contributed by atoms with Crippen molar-refractivity contribution in [3.05, 3.63) is 35.9 Å². The first-order valence-corrected chi connectivity index (χ1v) is 8.72. The number of alkyl carbamates (subject to hydrolysis) is 1. The fourth-order valence-electron chi connectivity index (χ4n) is 2.35. The molecular weight excluding hydrogens is 336 g/mol. The smallest absolute Gasteiger partial charge is 0.408 e. The summed E-state index contributed by atoms with van der Waals surface area (Å²) in [5, 5.41) is 5.20. The Morgan fingerprint density at radius 2 is 1.69 bits per heavy atom. The summed E-state index contributed by atoms with van der Waals surface area (Å²) in [6, 6.07) is 7.72. The molecule has 0 aromatic heterocycles. The van der Waals surface area contributed by atoms with Crippen molar-refractivity contribution in [2.75, 3.05) is 7.11 Å². The third-order valence-electron chi connectivity index (χ3n) is 3.74. The molecule has 7 nitrogen and oxygen atoms in total. The summed E-state index contributed by atoms with van der Waals surface area (Å²) in [6.45, 7) is 5.76. The maximum atomic E-state index is 12.5. The van der Waals surface area contributed by atoms with Gasteiger partial charge in [0.1, 0.15) is 18.7 Å². The minimum Gasteiger partial charge on any atom is -0.467 e. The summed E-state index contributed by atoms with van der Waals surface area (Å²) in [5.41, 5.74) is 0.851. The summed E-state index contributed by atoms with van der Waals surface area (Å²) in [7, 11) is 1.27. The van der Waals surface area contributed by atoms with Crippen LogP contribution < -0.4 is 10.6 Å². The second-order valence-electron chi connectivity index (χ2n) is 6.38. The van der Waals surface area contributed by atoms with E-state index in [9.17, 15) is 14.4 Å². The highest BCUT2D eigenvalue weighted by atomic mass is 16.5. The molecule has 0 aliphatic heterocycles. The van der Waals surface area contributed by atoms with Crippen molar-refractivity contribution in [3.8, 4) is 0 Å². The van der Waals surface area contributed by atoms with Crippen molar-refractivity contribution >= 4 is 18.0 Å². The van der Waals surface area contributed by atoms with Crippen LogP contribution in [0.3, 0.4) is 0 Å². The zero-order valence-corrected chi connectivity index (χ0v) is 15.8. The van der Waals surface area contributed by atoms with Crippen molar-refractivity contribution in [2.24, 2.45) is 5.92 Å². The van der Waals surface area contributed by atoms with E-state index in [-0.39, 0.29) is 12.5 Å². The van der Waals surface area contributed by atoms with Gasteiger partial charge in [-0.1, -0.05) is 51.1 Å². The van der Waals surface area contributed by atoms with E-state index in [1.54, 1.807) is 6.92 Å². The average molecular weight is 364 g/mol. The minimum atomic E-state index is -0.794. The number of carbonyl (C=O) groups excluding carboxylic acids is 3. The summed E-state index contributed by atoms with van der Waals surface area (Å²) in [4.78, 5) is 36.2. The Labute approximate surface area is 154 Å². The van der Waals surface area contributed by atoms with Crippen LogP contribution in [-0.2, 0) is 25.7 Å². The van der Waals surface area contributed by atoms with Crippen LogP contribution in [0.1, 0.15) is 39.2 Å². The van der Waals surface area contributed by atoms with Gasteiger partial charge in [-0.2, -0.15) is 0 Å². The van der Waals surface area contributed by atoms with Gasteiger partial charge in [0.05, 0.1) is 7.11 Å². The van der Waals surface area contributed by atoms with E-state index in [4.69, 9.17) is 4.74 Å². The number of hydrogen-bond acceptors (Lipinski definition) is 5. The molecule has 2 atom stereocenters. The molecule has 144 valence electrons. The molecule has 0 aliphatic carbocycles. The number of hydrogen-bond donors (Lipinski definition) is 2. The maximum Gasteiger partial charge on any atom is 0.408 e. The van der Waals surface area contributed by atoms with Crippen LogP contribution in [0, 0.1) is 5.92 Å². The predicted molar refractivity (Wildman–Crippen MR) is 97.2 cm³/mol. The van der Waals surface area contributed by atoms with Crippen LogP contribution in [0.25, 0.3) is 0 Å². The molecule has 26 heavy (non-hydrogen) atoms. The summed E-state index contributed by atoms with van der Waals surface area (Å²) in [5.74, 6) is -0.790. The molecule has 0 spiro atoms. The van der Waals surface area contributed by atoms with Crippen LogP contribution in [0.15, 0.2) is 30.3 Å². The number of benzene rings is 1. The standard InChI is InChI=1S/C19H28N2O5/c1-5-15(18(23)25-4)20-17(22)16(11-13(2)3)21-19(24)26-12-14-9-7-6-8-10-14/h6-10,13,15-16H,5,11-12H2,1-4H3,(H,20,22)(H,21,24)/t15-,16+/m1/s1. The Bertz CT molecular complexity index is 589. The van der Waals surface area contributed by atoms with Gasteiger partial charge in [0.2, 0.25) is 5.91 Å². The van der Waals surface area contributed by atoms with E-state index in [0.717, 1.165) is 5.56 Å². The van der Waals surface area contributed by atoms with E-state index < -0.39 is 30.1 Å². The summed E-state index contributed by atoms with van der Waals surface area (Å²) >= 11 is 0. The number of carbonyl (C=O) groups is 3.